The number of nitrogens with zero attached hydrogens (tertiary/aromatic N) is 5. The molecule has 0 aliphatic rings. The Bertz CT molecular complexity index is 687. The molecule has 2 N–H and O–H groups in total. The third-order valence-electron chi connectivity index (χ3n) is 3.03. The highest BCUT2D eigenvalue weighted by atomic mass is 16.4. The van der Waals surface area contributed by atoms with E-state index in [0.717, 1.165) is 18.5 Å². The Hall–Kier alpha value is -2.48. The first-order chi connectivity index (χ1) is 10.3. The van der Waals surface area contributed by atoms with Crippen LogP contribution in [0.25, 0.3) is 11.7 Å². The molecular weight excluding hydrogens is 272 g/mol. The van der Waals surface area contributed by atoms with E-state index in [1.807, 2.05) is 0 Å². The van der Waals surface area contributed by atoms with Crippen LogP contribution in [0.5, 0.6) is 0 Å². The van der Waals surface area contributed by atoms with Gasteiger partial charge in [-0.1, -0.05) is 18.6 Å². The maximum atomic E-state index is 6.00. The number of furan rings is 1. The average Bonchev–Trinajstić information content (AvgIpc) is 3.20. The first-order valence-corrected chi connectivity index (χ1v) is 6.78. The Balaban J connectivity index is 1.70. The zero-order chi connectivity index (χ0) is 14.7. The maximum absolute atomic E-state index is 6.00. The van der Waals surface area contributed by atoms with E-state index in [-0.39, 0.29) is 6.04 Å². The van der Waals surface area contributed by atoms with E-state index in [1.165, 1.54) is 0 Å². The Morgan fingerprint density at radius 1 is 1.33 bits per heavy atom. The third-order valence-corrected chi connectivity index (χ3v) is 3.03. The normalized spacial score (nSPS) is 12.7. The molecule has 3 rings (SSSR count). The molecule has 0 radical (unpaired) electrons. The highest BCUT2D eigenvalue weighted by Gasteiger charge is 2.13. The largest absolute Gasteiger partial charge is 0.459 e. The fourth-order valence-electron chi connectivity index (χ4n) is 1.98. The van der Waals surface area contributed by atoms with Crippen LogP contribution in [0.4, 0.5) is 0 Å². The lowest BCUT2D eigenvalue weighted by molar-refractivity contribution is 0.454. The minimum atomic E-state index is -0.0925. The van der Waals surface area contributed by atoms with Crippen LogP contribution in [-0.4, -0.2) is 25.2 Å². The van der Waals surface area contributed by atoms with Crippen LogP contribution < -0.4 is 5.73 Å². The van der Waals surface area contributed by atoms with Crippen molar-refractivity contribution in [1.29, 1.82) is 0 Å². The summed E-state index contributed by atoms with van der Waals surface area (Å²) in [5.41, 5.74) is 6.77. The van der Waals surface area contributed by atoms with Crippen molar-refractivity contribution in [2.45, 2.75) is 32.4 Å². The lowest BCUT2D eigenvalue weighted by atomic mass is 10.1. The SMILES string of the molecule is CCCC(N)c1cn(Cc2nnc(-c3ccco3)o2)nn1. The summed E-state index contributed by atoms with van der Waals surface area (Å²) in [5.74, 6) is 1.32. The Morgan fingerprint density at radius 2 is 2.24 bits per heavy atom. The lowest BCUT2D eigenvalue weighted by Gasteiger charge is -2.04. The van der Waals surface area contributed by atoms with Gasteiger partial charge in [-0.05, 0) is 18.6 Å². The summed E-state index contributed by atoms with van der Waals surface area (Å²) in [4.78, 5) is 0. The molecule has 0 fully saturated rings. The number of nitrogens with two attached hydrogens (primary N) is 1. The number of rotatable bonds is 6. The summed E-state index contributed by atoms with van der Waals surface area (Å²) in [6.07, 6.45) is 5.24. The van der Waals surface area contributed by atoms with E-state index in [0.29, 0.717) is 24.1 Å². The molecule has 0 spiro atoms. The van der Waals surface area contributed by atoms with E-state index in [2.05, 4.69) is 27.4 Å². The Morgan fingerprint density at radius 3 is 3.00 bits per heavy atom. The molecule has 3 aromatic heterocycles. The minimum absolute atomic E-state index is 0.0925. The molecule has 0 saturated heterocycles. The highest BCUT2D eigenvalue weighted by molar-refractivity contribution is 5.42. The van der Waals surface area contributed by atoms with Gasteiger partial charge in [-0.2, -0.15) is 0 Å². The molecule has 0 saturated carbocycles. The second-order valence-electron chi connectivity index (χ2n) is 4.71. The minimum Gasteiger partial charge on any atom is -0.459 e. The second-order valence-corrected chi connectivity index (χ2v) is 4.71. The van der Waals surface area contributed by atoms with Gasteiger partial charge in [0.2, 0.25) is 5.89 Å². The van der Waals surface area contributed by atoms with Gasteiger partial charge in [-0.15, -0.1) is 15.3 Å². The van der Waals surface area contributed by atoms with Gasteiger partial charge in [0.15, 0.2) is 5.76 Å². The van der Waals surface area contributed by atoms with Crippen LogP contribution in [0.1, 0.15) is 37.4 Å². The van der Waals surface area contributed by atoms with E-state index >= 15 is 0 Å². The summed E-state index contributed by atoms with van der Waals surface area (Å²) in [5, 5.41) is 16.0. The van der Waals surface area contributed by atoms with Gasteiger partial charge in [-0.3, -0.25) is 0 Å². The van der Waals surface area contributed by atoms with Crippen LogP contribution in [-0.2, 0) is 6.54 Å². The van der Waals surface area contributed by atoms with E-state index in [1.54, 1.807) is 29.3 Å². The molecule has 1 unspecified atom stereocenters. The standard InChI is InChI=1S/C13H16N6O2/c1-2-4-9(14)10-7-19(18-15-10)8-12-16-17-13(21-12)11-5-3-6-20-11/h3,5-7,9H,2,4,8,14H2,1H3. The van der Waals surface area contributed by atoms with Crippen molar-refractivity contribution >= 4 is 0 Å². The van der Waals surface area contributed by atoms with Gasteiger partial charge < -0.3 is 14.6 Å². The topological polar surface area (TPSA) is 109 Å². The molecule has 110 valence electrons. The highest BCUT2D eigenvalue weighted by Crippen LogP contribution is 2.18. The lowest BCUT2D eigenvalue weighted by Crippen LogP contribution is -2.10. The van der Waals surface area contributed by atoms with Crippen molar-refractivity contribution in [2.24, 2.45) is 5.73 Å². The maximum Gasteiger partial charge on any atom is 0.283 e. The number of hydrogen-bond donors (Lipinski definition) is 1. The van der Waals surface area contributed by atoms with Crippen molar-refractivity contribution in [1.82, 2.24) is 25.2 Å². The van der Waals surface area contributed by atoms with Gasteiger partial charge >= 0.3 is 0 Å². The number of hydrogen-bond acceptors (Lipinski definition) is 7. The summed E-state index contributed by atoms with van der Waals surface area (Å²) < 4.78 is 12.3. The fraction of sp³-hybridized carbons (Fsp3) is 0.385. The van der Waals surface area contributed by atoms with Crippen molar-refractivity contribution in [3.8, 4) is 11.7 Å². The van der Waals surface area contributed by atoms with Crippen molar-refractivity contribution in [3.63, 3.8) is 0 Å². The fourth-order valence-corrected chi connectivity index (χ4v) is 1.98. The molecule has 0 aliphatic carbocycles. The monoisotopic (exact) mass is 288 g/mol. The summed E-state index contributed by atoms with van der Waals surface area (Å²) in [6.45, 7) is 2.43. The summed E-state index contributed by atoms with van der Waals surface area (Å²) in [7, 11) is 0. The van der Waals surface area contributed by atoms with E-state index in [9.17, 15) is 0 Å². The average molecular weight is 288 g/mol. The molecule has 0 aliphatic heterocycles. The van der Waals surface area contributed by atoms with Gasteiger partial charge in [0.05, 0.1) is 24.2 Å². The van der Waals surface area contributed by atoms with Gasteiger partial charge in [-0.25, -0.2) is 4.68 Å². The molecule has 0 aromatic carbocycles. The summed E-state index contributed by atoms with van der Waals surface area (Å²) in [6, 6.07) is 3.43. The van der Waals surface area contributed by atoms with Crippen LogP contribution in [0.2, 0.25) is 0 Å². The Kier molecular flexibility index (Phi) is 3.78. The first kappa shape index (κ1) is 13.5. The van der Waals surface area contributed by atoms with Crippen LogP contribution in [0.3, 0.4) is 0 Å². The quantitative estimate of drug-likeness (QED) is 0.736. The Labute approximate surface area is 121 Å². The van der Waals surface area contributed by atoms with Crippen molar-refractivity contribution in [3.05, 3.63) is 36.2 Å². The molecular formula is C13H16N6O2. The summed E-state index contributed by atoms with van der Waals surface area (Å²) >= 11 is 0. The predicted octanol–water partition coefficient (Wildman–Crippen LogP) is 1.77. The zero-order valence-electron chi connectivity index (χ0n) is 11.6. The van der Waals surface area contributed by atoms with Gasteiger partial charge in [0.1, 0.15) is 6.54 Å². The molecule has 0 amide bonds. The molecule has 3 heterocycles. The van der Waals surface area contributed by atoms with E-state index in [4.69, 9.17) is 14.6 Å². The molecule has 1 atom stereocenters. The van der Waals surface area contributed by atoms with E-state index < -0.39 is 0 Å². The zero-order valence-corrected chi connectivity index (χ0v) is 11.6. The third kappa shape index (κ3) is 3.00. The molecule has 3 aromatic rings. The van der Waals surface area contributed by atoms with Gasteiger partial charge in [0.25, 0.3) is 5.89 Å². The first-order valence-electron chi connectivity index (χ1n) is 6.78. The van der Waals surface area contributed by atoms with Crippen LogP contribution >= 0.6 is 0 Å². The van der Waals surface area contributed by atoms with Crippen LogP contribution in [0.15, 0.2) is 33.4 Å². The van der Waals surface area contributed by atoms with Gasteiger partial charge in [0, 0.05) is 0 Å². The molecule has 8 heteroatoms. The van der Waals surface area contributed by atoms with Crippen molar-refractivity contribution < 1.29 is 8.83 Å². The second kappa shape index (κ2) is 5.88. The molecule has 21 heavy (non-hydrogen) atoms. The predicted molar refractivity (Wildman–Crippen MR) is 73.0 cm³/mol. The van der Waals surface area contributed by atoms with Crippen molar-refractivity contribution in [2.75, 3.05) is 0 Å². The smallest absolute Gasteiger partial charge is 0.283 e. The van der Waals surface area contributed by atoms with Crippen LogP contribution in [0, 0.1) is 0 Å². The molecule has 8 nitrogen and oxygen atoms in total. The number of aromatic nitrogens is 5. The molecule has 0 bridgehead atoms.